The average molecular weight is 218 g/mol. The molecule has 1 aromatic rings. The highest BCUT2D eigenvalue weighted by molar-refractivity contribution is 7.85. The molecule has 5 heteroatoms. The zero-order valence-corrected chi connectivity index (χ0v) is 9.21. The Balaban J connectivity index is 0.000000292. The van der Waals surface area contributed by atoms with E-state index in [1.54, 1.807) is 7.11 Å². The quantitative estimate of drug-likeness (QED) is 0.726. The molecule has 0 aliphatic heterocycles. The number of aryl methyl sites for hydroxylation is 1. The maximum absolute atomic E-state index is 9.19. The van der Waals surface area contributed by atoms with Gasteiger partial charge < -0.3 is 4.74 Å². The molecule has 0 bridgehead atoms. The Labute approximate surface area is 84.3 Å². The lowest BCUT2D eigenvalue weighted by atomic mass is 10.2. The first-order valence-corrected chi connectivity index (χ1v) is 5.71. The van der Waals surface area contributed by atoms with Gasteiger partial charge in [0, 0.05) is 0 Å². The molecule has 0 unspecified atom stereocenters. The van der Waals surface area contributed by atoms with Gasteiger partial charge >= 0.3 is 0 Å². The van der Waals surface area contributed by atoms with Gasteiger partial charge in [0.25, 0.3) is 10.1 Å². The summed E-state index contributed by atoms with van der Waals surface area (Å²) in [5, 5.41) is 0. The molecule has 0 aliphatic rings. The SMILES string of the molecule is COc1ccc(C)cc1.CS(=O)(=O)O. The Morgan fingerprint density at radius 1 is 1.21 bits per heavy atom. The van der Waals surface area contributed by atoms with Crippen molar-refractivity contribution in [3.63, 3.8) is 0 Å². The fraction of sp³-hybridized carbons (Fsp3) is 0.333. The van der Waals surface area contributed by atoms with Crippen molar-refractivity contribution in [2.24, 2.45) is 0 Å². The minimum absolute atomic E-state index is 0.715. The summed E-state index contributed by atoms with van der Waals surface area (Å²) < 4.78 is 30.8. The van der Waals surface area contributed by atoms with E-state index < -0.39 is 10.1 Å². The largest absolute Gasteiger partial charge is 0.497 e. The molecule has 0 fully saturated rings. The Kier molecular flexibility index (Phi) is 5.19. The van der Waals surface area contributed by atoms with E-state index in [1.807, 2.05) is 24.3 Å². The van der Waals surface area contributed by atoms with Crippen LogP contribution in [0.1, 0.15) is 5.56 Å². The number of hydrogen-bond acceptors (Lipinski definition) is 3. The Morgan fingerprint density at radius 2 is 1.57 bits per heavy atom. The summed E-state index contributed by atoms with van der Waals surface area (Å²) in [6.07, 6.45) is 0.715. The summed E-state index contributed by atoms with van der Waals surface area (Å²) in [4.78, 5) is 0. The van der Waals surface area contributed by atoms with Gasteiger partial charge in [-0.05, 0) is 19.1 Å². The van der Waals surface area contributed by atoms with Crippen LogP contribution in [0.4, 0.5) is 0 Å². The molecule has 1 aromatic carbocycles. The van der Waals surface area contributed by atoms with Crippen molar-refractivity contribution in [3.05, 3.63) is 29.8 Å². The minimum atomic E-state index is -3.67. The Morgan fingerprint density at radius 3 is 1.86 bits per heavy atom. The first-order chi connectivity index (χ1) is 6.33. The van der Waals surface area contributed by atoms with Gasteiger partial charge in [0.2, 0.25) is 0 Å². The van der Waals surface area contributed by atoms with Crippen LogP contribution >= 0.6 is 0 Å². The standard InChI is InChI=1S/C8H10O.CH4O3S/c1-7-3-5-8(9-2)6-4-7;1-5(2,3)4/h3-6H,1-2H3;1H3,(H,2,3,4). The fourth-order valence-electron chi connectivity index (χ4n) is 0.674. The number of ether oxygens (including phenoxy) is 1. The van der Waals surface area contributed by atoms with Gasteiger partial charge in [-0.25, -0.2) is 0 Å². The van der Waals surface area contributed by atoms with Crippen LogP contribution in [0, 0.1) is 6.92 Å². The second kappa shape index (κ2) is 5.62. The van der Waals surface area contributed by atoms with E-state index in [2.05, 4.69) is 6.92 Å². The van der Waals surface area contributed by atoms with E-state index in [0.29, 0.717) is 6.26 Å². The summed E-state index contributed by atoms with van der Waals surface area (Å²) in [5.41, 5.74) is 1.26. The van der Waals surface area contributed by atoms with Crippen molar-refractivity contribution in [1.29, 1.82) is 0 Å². The van der Waals surface area contributed by atoms with Crippen LogP contribution in [0.2, 0.25) is 0 Å². The van der Waals surface area contributed by atoms with E-state index in [-0.39, 0.29) is 0 Å². The topological polar surface area (TPSA) is 63.6 Å². The van der Waals surface area contributed by atoms with Gasteiger partial charge in [0.05, 0.1) is 13.4 Å². The third kappa shape index (κ3) is 9.02. The van der Waals surface area contributed by atoms with E-state index in [0.717, 1.165) is 5.75 Å². The van der Waals surface area contributed by atoms with Crippen LogP contribution in [0.3, 0.4) is 0 Å². The molecule has 0 spiro atoms. The van der Waals surface area contributed by atoms with Crippen molar-refractivity contribution >= 4 is 10.1 Å². The van der Waals surface area contributed by atoms with E-state index in [4.69, 9.17) is 9.29 Å². The third-order valence-corrected chi connectivity index (χ3v) is 1.26. The van der Waals surface area contributed by atoms with E-state index >= 15 is 0 Å². The molecule has 0 aromatic heterocycles. The van der Waals surface area contributed by atoms with Crippen LogP contribution in [-0.2, 0) is 10.1 Å². The van der Waals surface area contributed by atoms with Crippen LogP contribution in [0.15, 0.2) is 24.3 Å². The van der Waals surface area contributed by atoms with Crippen molar-refractivity contribution in [1.82, 2.24) is 0 Å². The number of hydrogen-bond donors (Lipinski definition) is 1. The second-order valence-corrected chi connectivity index (χ2v) is 4.22. The van der Waals surface area contributed by atoms with Crippen molar-refractivity contribution < 1.29 is 17.7 Å². The van der Waals surface area contributed by atoms with Gasteiger partial charge in [-0.3, -0.25) is 4.55 Å². The zero-order chi connectivity index (χ0) is 11.2. The molecule has 1 rings (SSSR count). The maximum atomic E-state index is 9.19. The van der Waals surface area contributed by atoms with Crippen molar-refractivity contribution in [2.45, 2.75) is 6.92 Å². The number of methoxy groups -OCH3 is 1. The highest BCUT2D eigenvalue weighted by atomic mass is 32.2. The average Bonchev–Trinajstić information content (AvgIpc) is 2.03. The Bertz CT molecular complexity index is 345. The summed E-state index contributed by atoms with van der Waals surface area (Å²) in [6, 6.07) is 7.96. The van der Waals surface area contributed by atoms with Gasteiger partial charge in [-0.2, -0.15) is 8.42 Å². The second-order valence-electron chi connectivity index (χ2n) is 2.75. The van der Waals surface area contributed by atoms with Gasteiger partial charge in [0.1, 0.15) is 5.75 Å². The fourth-order valence-corrected chi connectivity index (χ4v) is 0.674. The van der Waals surface area contributed by atoms with Gasteiger partial charge in [-0.15, -0.1) is 0 Å². The predicted octanol–water partition coefficient (Wildman–Crippen LogP) is 1.51. The maximum Gasteiger partial charge on any atom is 0.261 e. The predicted molar refractivity (Wildman–Crippen MR) is 55.2 cm³/mol. The van der Waals surface area contributed by atoms with Crippen LogP contribution in [0.5, 0.6) is 5.75 Å². The molecule has 0 aliphatic carbocycles. The lowest BCUT2D eigenvalue weighted by Gasteiger charge is -1.97. The number of benzene rings is 1. The summed E-state index contributed by atoms with van der Waals surface area (Å²) in [5.74, 6) is 0.917. The summed E-state index contributed by atoms with van der Waals surface area (Å²) in [7, 11) is -2.00. The van der Waals surface area contributed by atoms with Crippen molar-refractivity contribution in [2.75, 3.05) is 13.4 Å². The first kappa shape index (κ1) is 12.9. The molecule has 0 saturated heterocycles. The molecule has 14 heavy (non-hydrogen) atoms. The normalized spacial score (nSPS) is 10.0. The zero-order valence-electron chi connectivity index (χ0n) is 8.39. The lowest BCUT2D eigenvalue weighted by Crippen LogP contribution is -1.88. The van der Waals surface area contributed by atoms with E-state index in [9.17, 15) is 8.42 Å². The van der Waals surface area contributed by atoms with E-state index in [1.165, 1.54) is 5.56 Å². The summed E-state index contributed by atoms with van der Waals surface area (Å²) >= 11 is 0. The van der Waals surface area contributed by atoms with Gasteiger partial charge in [-0.1, -0.05) is 17.7 Å². The van der Waals surface area contributed by atoms with Crippen LogP contribution in [0.25, 0.3) is 0 Å². The summed E-state index contributed by atoms with van der Waals surface area (Å²) in [6.45, 7) is 2.06. The Hall–Kier alpha value is -1.07. The smallest absolute Gasteiger partial charge is 0.261 e. The highest BCUT2D eigenvalue weighted by Crippen LogP contribution is 2.09. The lowest BCUT2D eigenvalue weighted by molar-refractivity contribution is 0.414. The molecular formula is C9H14O4S. The monoisotopic (exact) mass is 218 g/mol. The molecule has 1 N–H and O–H groups in total. The minimum Gasteiger partial charge on any atom is -0.497 e. The van der Waals surface area contributed by atoms with Crippen molar-refractivity contribution in [3.8, 4) is 5.75 Å². The number of rotatable bonds is 1. The molecule has 0 radical (unpaired) electrons. The molecular weight excluding hydrogens is 204 g/mol. The first-order valence-electron chi connectivity index (χ1n) is 3.86. The molecule has 0 atom stereocenters. The molecule has 0 amide bonds. The van der Waals surface area contributed by atoms with Crippen LogP contribution in [-0.4, -0.2) is 26.3 Å². The third-order valence-electron chi connectivity index (χ3n) is 1.26. The molecule has 80 valence electrons. The highest BCUT2D eigenvalue weighted by Gasteiger charge is 1.85. The molecule has 4 nitrogen and oxygen atoms in total. The molecule has 0 heterocycles. The molecule has 0 saturated carbocycles. The van der Waals surface area contributed by atoms with Crippen LogP contribution < -0.4 is 4.74 Å². The van der Waals surface area contributed by atoms with Gasteiger partial charge in [0.15, 0.2) is 0 Å².